The molecular formula is C19H28N4O2S. The molecule has 1 aromatic carbocycles. The van der Waals surface area contributed by atoms with E-state index in [4.69, 9.17) is 16.6 Å². The molecule has 2 aromatic rings. The van der Waals surface area contributed by atoms with Gasteiger partial charge in [-0.2, -0.15) is 0 Å². The highest BCUT2D eigenvalue weighted by atomic mass is 32.1. The van der Waals surface area contributed by atoms with Gasteiger partial charge in [0.05, 0.1) is 13.2 Å². The lowest BCUT2D eigenvalue weighted by atomic mass is 9.87. The number of carbonyl (C=O) groups is 1. The van der Waals surface area contributed by atoms with Crippen LogP contribution in [0.4, 0.5) is 0 Å². The number of hydrogen-bond acceptors (Lipinski definition) is 5. The molecule has 26 heavy (non-hydrogen) atoms. The summed E-state index contributed by atoms with van der Waals surface area (Å²) < 4.78 is 7.22. The maximum Gasteiger partial charge on any atom is 0.288 e. The zero-order chi connectivity index (χ0) is 19.5. The second kappa shape index (κ2) is 8.14. The van der Waals surface area contributed by atoms with E-state index in [1.807, 2.05) is 37.9 Å². The Morgan fingerprint density at radius 1 is 1.31 bits per heavy atom. The third kappa shape index (κ3) is 5.51. The number of rotatable bonds is 6. The van der Waals surface area contributed by atoms with Crippen molar-refractivity contribution in [3.05, 3.63) is 34.7 Å². The molecule has 2 rings (SSSR count). The zero-order valence-corrected chi connectivity index (χ0v) is 17.2. The van der Waals surface area contributed by atoms with Crippen LogP contribution in [-0.2, 0) is 16.9 Å². The van der Waals surface area contributed by atoms with Gasteiger partial charge in [-0.15, -0.1) is 5.10 Å². The molecule has 0 aliphatic heterocycles. The molecule has 0 bridgehead atoms. The number of likely N-dealkylation sites (N-methyl/N-ethyl adjacent to an activating group) is 1. The van der Waals surface area contributed by atoms with Crippen molar-refractivity contribution >= 4 is 18.1 Å². The third-order valence-electron chi connectivity index (χ3n) is 3.84. The second-order valence-corrected chi connectivity index (χ2v) is 8.23. The Morgan fingerprint density at radius 2 is 1.92 bits per heavy atom. The van der Waals surface area contributed by atoms with Crippen LogP contribution in [0.2, 0.25) is 0 Å². The first-order valence-corrected chi connectivity index (χ1v) is 9.14. The van der Waals surface area contributed by atoms with E-state index in [1.54, 1.807) is 4.68 Å². The van der Waals surface area contributed by atoms with Crippen LogP contribution in [0.1, 0.15) is 40.2 Å². The fourth-order valence-corrected chi connectivity index (χ4v) is 2.69. The summed E-state index contributed by atoms with van der Waals surface area (Å²) >= 11 is 5.27. The van der Waals surface area contributed by atoms with Crippen LogP contribution in [0.5, 0.6) is 0 Å². The molecular weight excluding hydrogens is 348 g/mol. The summed E-state index contributed by atoms with van der Waals surface area (Å²) in [5.41, 5.74) is 2.22. The molecule has 0 saturated carbocycles. The van der Waals surface area contributed by atoms with Gasteiger partial charge >= 0.3 is 0 Å². The van der Waals surface area contributed by atoms with E-state index in [1.165, 1.54) is 5.56 Å². The quantitative estimate of drug-likeness (QED) is 0.781. The van der Waals surface area contributed by atoms with Crippen LogP contribution in [0.25, 0.3) is 11.5 Å². The lowest BCUT2D eigenvalue weighted by Gasteiger charge is -2.18. The van der Waals surface area contributed by atoms with Crippen molar-refractivity contribution in [3.63, 3.8) is 0 Å². The van der Waals surface area contributed by atoms with Gasteiger partial charge in [0.15, 0.2) is 0 Å². The van der Waals surface area contributed by atoms with Crippen LogP contribution in [0.15, 0.2) is 28.7 Å². The number of carbonyl (C=O) groups excluding carboxylic acids is 1. The highest BCUT2D eigenvalue weighted by Gasteiger charge is 2.15. The van der Waals surface area contributed by atoms with Gasteiger partial charge in [0.2, 0.25) is 11.8 Å². The molecule has 7 heteroatoms. The predicted molar refractivity (Wildman–Crippen MR) is 105 cm³/mol. The minimum absolute atomic E-state index is 0.0319. The highest BCUT2D eigenvalue weighted by Crippen LogP contribution is 2.25. The van der Waals surface area contributed by atoms with Crippen molar-refractivity contribution in [1.29, 1.82) is 0 Å². The van der Waals surface area contributed by atoms with Gasteiger partial charge in [-0.25, -0.2) is 4.68 Å². The molecule has 0 saturated heterocycles. The summed E-state index contributed by atoms with van der Waals surface area (Å²) in [6.07, 6.45) is 0. The number of hydrogen-bond donors (Lipinski definition) is 1. The van der Waals surface area contributed by atoms with Gasteiger partial charge in [-0.3, -0.25) is 9.69 Å². The number of nitrogens with one attached hydrogen (secondary N) is 1. The molecule has 0 atom stereocenters. The Balaban J connectivity index is 2.09. The van der Waals surface area contributed by atoms with Crippen LogP contribution in [0, 0.1) is 4.84 Å². The molecule has 0 radical (unpaired) electrons. The van der Waals surface area contributed by atoms with Crippen molar-refractivity contribution in [3.8, 4) is 11.5 Å². The largest absolute Gasteiger partial charge is 0.409 e. The molecule has 142 valence electrons. The third-order valence-corrected chi connectivity index (χ3v) is 4.14. The fourth-order valence-electron chi connectivity index (χ4n) is 2.52. The number of nitrogens with zero attached hydrogens (tertiary/aromatic N) is 3. The standard InChI is InChI=1S/C19H28N4O2S/c1-13(2)20-16(24)11-22(6)12-23-18(26)25-17(21-23)14-7-9-15(10-8-14)19(3,4)5/h7-10,13H,11-12H2,1-6H3,(H,20,24). The molecule has 6 nitrogen and oxygen atoms in total. The van der Waals surface area contributed by atoms with Crippen molar-refractivity contribution in [1.82, 2.24) is 20.0 Å². The first-order valence-electron chi connectivity index (χ1n) is 8.73. The minimum atomic E-state index is -0.0319. The van der Waals surface area contributed by atoms with E-state index in [9.17, 15) is 4.79 Å². The molecule has 1 amide bonds. The lowest BCUT2D eigenvalue weighted by Crippen LogP contribution is -2.39. The monoisotopic (exact) mass is 376 g/mol. The van der Waals surface area contributed by atoms with Crippen LogP contribution in [0.3, 0.4) is 0 Å². The summed E-state index contributed by atoms with van der Waals surface area (Å²) in [5, 5.41) is 7.32. The molecule has 1 aromatic heterocycles. The number of amides is 1. The first kappa shape index (κ1) is 20.3. The van der Waals surface area contributed by atoms with Gasteiger partial charge in [0.1, 0.15) is 0 Å². The first-order chi connectivity index (χ1) is 12.1. The molecule has 0 aliphatic rings. The van der Waals surface area contributed by atoms with Gasteiger partial charge in [-0.1, -0.05) is 32.9 Å². The van der Waals surface area contributed by atoms with E-state index in [2.05, 4.69) is 43.3 Å². The van der Waals surface area contributed by atoms with Gasteiger partial charge in [0.25, 0.3) is 4.84 Å². The highest BCUT2D eigenvalue weighted by molar-refractivity contribution is 7.71. The number of benzene rings is 1. The summed E-state index contributed by atoms with van der Waals surface area (Å²) in [6, 6.07) is 8.26. The normalized spacial score (nSPS) is 12.0. The summed E-state index contributed by atoms with van der Waals surface area (Å²) in [7, 11) is 1.84. The van der Waals surface area contributed by atoms with Crippen LogP contribution in [-0.4, -0.2) is 40.2 Å². The Kier molecular flexibility index (Phi) is 6.36. The summed E-state index contributed by atoms with van der Waals surface area (Å²) in [6.45, 7) is 11.0. The van der Waals surface area contributed by atoms with E-state index < -0.39 is 0 Å². The fraction of sp³-hybridized carbons (Fsp3) is 0.526. The average molecular weight is 377 g/mol. The van der Waals surface area contributed by atoms with Crippen molar-refractivity contribution in [2.75, 3.05) is 13.6 Å². The van der Waals surface area contributed by atoms with Crippen molar-refractivity contribution in [2.45, 2.75) is 52.7 Å². The second-order valence-electron chi connectivity index (χ2n) is 7.88. The van der Waals surface area contributed by atoms with E-state index >= 15 is 0 Å². The topological polar surface area (TPSA) is 63.3 Å². The van der Waals surface area contributed by atoms with Crippen LogP contribution >= 0.6 is 12.2 Å². The Bertz CT molecular complexity index is 800. The Hall–Kier alpha value is -1.99. The maximum atomic E-state index is 11.8. The van der Waals surface area contributed by atoms with Gasteiger partial charge < -0.3 is 9.73 Å². The van der Waals surface area contributed by atoms with E-state index in [0.29, 0.717) is 12.6 Å². The van der Waals surface area contributed by atoms with Crippen molar-refractivity contribution in [2.24, 2.45) is 0 Å². The minimum Gasteiger partial charge on any atom is -0.409 e. The Morgan fingerprint density at radius 3 is 2.46 bits per heavy atom. The summed E-state index contributed by atoms with van der Waals surface area (Å²) in [4.78, 5) is 14.0. The summed E-state index contributed by atoms with van der Waals surface area (Å²) in [5.74, 6) is 0.450. The molecule has 0 fully saturated rings. The van der Waals surface area contributed by atoms with E-state index in [0.717, 1.165) is 5.56 Å². The molecule has 1 heterocycles. The lowest BCUT2D eigenvalue weighted by molar-refractivity contribution is -0.122. The van der Waals surface area contributed by atoms with E-state index in [-0.39, 0.29) is 28.7 Å². The molecule has 0 unspecified atom stereocenters. The average Bonchev–Trinajstić information content (AvgIpc) is 2.86. The van der Waals surface area contributed by atoms with Crippen LogP contribution < -0.4 is 5.32 Å². The molecule has 0 aliphatic carbocycles. The van der Waals surface area contributed by atoms with Gasteiger partial charge in [-0.05, 0) is 56.2 Å². The zero-order valence-electron chi connectivity index (χ0n) is 16.4. The van der Waals surface area contributed by atoms with Gasteiger partial charge in [0, 0.05) is 11.6 Å². The molecule has 1 N–H and O–H groups in total. The predicted octanol–water partition coefficient (Wildman–Crippen LogP) is 3.58. The smallest absolute Gasteiger partial charge is 0.288 e. The molecule has 0 spiro atoms. The number of aromatic nitrogens is 2. The van der Waals surface area contributed by atoms with Crippen molar-refractivity contribution < 1.29 is 9.21 Å². The SMILES string of the molecule is CC(C)NC(=O)CN(C)Cn1nc(-c2ccc(C(C)(C)C)cc2)oc1=S. The maximum absolute atomic E-state index is 11.8. The Labute approximate surface area is 160 Å².